The van der Waals surface area contributed by atoms with E-state index in [0.29, 0.717) is 0 Å². The number of aryl methyl sites for hydroxylation is 1. The summed E-state index contributed by atoms with van der Waals surface area (Å²) in [7, 11) is 0. The maximum atomic E-state index is 5.45. The fourth-order valence-corrected chi connectivity index (χ4v) is 3.58. The van der Waals surface area contributed by atoms with E-state index in [1.165, 1.54) is 30.3 Å². The monoisotopic (exact) mass is 312 g/mol. The van der Waals surface area contributed by atoms with Crippen LogP contribution in [-0.4, -0.2) is 49.4 Å². The van der Waals surface area contributed by atoms with Gasteiger partial charge < -0.3 is 14.5 Å². The first-order valence-corrected chi connectivity index (χ1v) is 8.67. The lowest BCUT2D eigenvalue weighted by atomic mass is 10.1. The molecule has 0 aliphatic carbocycles. The minimum absolute atomic E-state index is 0.805. The molecular weight excluding hydrogens is 288 g/mol. The molecule has 2 saturated heterocycles. The Balaban J connectivity index is 1.73. The van der Waals surface area contributed by atoms with Gasteiger partial charge in [-0.1, -0.05) is 0 Å². The molecule has 2 aliphatic rings. The van der Waals surface area contributed by atoms with Crippen molar-refractivity contribution in [1.82, 2.24) is 9.97 Å². The van der Waals surface area contributed by atoms with E-state index in [0.717, 1.165) is 56.6 Å². The van der Waals surface area contributed by atoms with E-state index in [1.54, 1.807) is 0 Å². The van der Waals surface area contributed by atoms with Gasteiger partial charge in [0.2, 0.25) is 0 Å². The standard InChI is InChI=1S/C18H24N4O/c1-14-19-17-13-15(21-9-11-23-12-10-21)5-6-16(17)18(20-14)22-7-3-2-4-8-22/h5-6,13H,2-4,7-12H2,1H3. The maximum Gasteiger partial charge on any atom is 0.140 e. The number of rotatable bonds is 2. The van der Waals surface area contributed by atoms with Crippen molar-refractivity contribution in [3.05, 3.63) is 24.0 Å². The van der Waals surface area contributed by atoms with E-state index in [-0.39, 0.29) is 0 Å². The highest BCUT2D eigenvalue weighted by Crippen LogP contribution is 2.29. The van der Waals surface area contributed by atoms with Gasteiger partial charge in [0.25, 0.3) is 0 Å². The van der Waals surface area contributed by atoms with Gasteiger partial charge in [-0.05, 0) is 44.4 Å². The summed E-state index contributed by atoms with van der Waals surface area (Å²) in [5.41, 5.74) is 2.30. The van der Waals surface area contributed by atoms with Crippen LogP contribution in [0, 0.1) is 6.92 Å². The minimum atomic E-state index is 0.805. The molecule has 0 unspecified atom stereocenters. The van der Waals surface area contributed by atoms with E-state index < -0.39 is 0 Å². The molecule has 122 valence electrons. The van der Waals surface area contributed by atoms with Crippen molar-refractivity contribution in [2.24, 2.45) is 0 Å². The Morgan fingerprint density at radius 2 is 1.70 bits per heavy atom. The number of nitrogens with zero attached hydrogens (tertiary/aromatic N) is 4. The van der Waals surface area contributed by atoms with Crippen molar-refractivity contribution in [1.29, 1.82) is 0 Å². The van der Waals surface area contributed by atoms with Gasteiger partial charge in [0.15, 0.2) is 0 Å². The largest absolute Gasteiger partial charge is 0.378 e. The molecule has 2 aromatic rings. The molecule has 3 heterocycles. The van der Waals surface area contributed by atoms with Crippen LogP contribution >= 0.6 is 0 Å². The fraction of sp³-hybridized carbons (Fsp3) is 0.556. The molecular formula is C18H24N4O. The number of aromatic nitrogens is 2. The molecule has 0 bridgehead atoms. The number of benzene rings is 1. The highest BCUT2D eigenvalue weighted by molar-refractivity contribution is 5.91. The zero-order chi connectivity index (χ0) is 15.6. The highest BCUT2D eigenvalue weighted by atomic mass is 16.5. The van der Waals surface area contributed by atoms with Gasteiger partial charge in [0, 0.05) is 37.3 Å². The average Bonchev–Trinajstić information content (AvgIpc) is 2.62. The molecule has 2 fully saturated rings. The van der Waals surface area contributed by atoms with Crippen LogP contribution in [0.25, 0.3) is 10.9 Å². The molecule has 1 aromatic heterocycles. The van der Waals surface area contributed by atoms with Gasteiger partial charge >= 0.3 is 0 Å². The van der Waals surface area contributed by atoms with Gasteiger partial charge in [0.1, 0.15) is 11.6 Å². The van der Waals surface area contributed by atoms with Crippen LogP contribution < -0.4 is 9.80 Å². The zero-order valence-electron chi connectivity index (χ0n) is 13.8. The van der Waals surface area contributed by atoms with Crippen molar-refractivity contribution in [2.45, 2.75) is 26.2 Å². The third kappa shape index (κ3) is 2.98. The zero-order valence-corrected chi connectivity index (χ0v) is 13.8. The summed E-state index contributed by atoms with van der Waals surface area (Å²) in [6.45, 7) is 7.73. The lowest BCUT2D eigenvalue weighted by Crippen LogP contribution is -2.36. The van der Waals surface area contributed by atoms with Crippen LogP contribution in [0.1, 0.15) is 25.1 Å². The Morgan fingerprint density at radius 3 is 2.48 bits per heavy atom. The summed E-state index contributed by atoms with van der Waals surface area (Å²) < 4.78 is 5.45. The van der Waals surface area contributed by atoms with E-state index in [2.05, 4.69) is 28.0 Å². The number of hydrogen-bond donors (Lipinski definition) is 0. The summed E-state index contributed by atoms with van der Waals surface area (Å²) in [5, 5.41) is 1.18. The molecule has 5 heteroatoms. The summed E-state index contributed by atoms with van der Waals surface area (Å²) >= 11 is 0. The first kappa shape index (κ1) is 14.7. The number of morpholine rings is 1. The molecule has 0 saturated carbocycles. The van der Waals surface area contributed by atoms with E-state index >= 15 is 0 Å². The van der Waals surface area contributed by atoms with Crippen molar-refractivity contribution >= 4 is 22.4 Å². The van der Waals surface area contributed by atoms with Crippen molar-refractivity contribution in [3.63, 3.8) is 0 Å². The Kier molecular flexibility index (Phi) is 4.04. The van der Waals surface area contributed by atoms with Gasteiger partial charge in [-0.25, -0.2) is 9.97 Å². The van der Waals surface area contributed by atoms with Crippen LogP contribution in [0.2, 0.25) is 0 Å². The Bertz CT molecular complexity index is 691. The normalized spacial score (nSPS) is 19.3. The van der Waals surface area contributed by atoms with Crippen LogP contribution in [0.4, 0.5) is 11.5 Å². The first-order chi connectivity index (χ1) is 11.3. The number of hydrogen-bond acceptors (Lipinski definition) is 5. The van der Waals surface area contributed by atoms with Crippen molar-refractivity contribution < 1.29 is 4.74 Å². The fourth-order valence-electron chi connectivity index (χ4n) is 3.58. The van der Waals surface area contributed by atoms with Gasteiger partial charge in [-0.15, -0.1) is 0 Å². The Morgan fingerprint density at radius 1 is 0.913 bits per heavy atom. The van der Waals surface area contributed by atoms with Gasteiger partial charge in [0.05, 0.1) is 18.7 Å². The molecule has 0 N–H and O–H groups in total. The lowest BCUT2D eigenvalue weighted by molar-refractivity contribution is 0.122. The Labute approximate surface area is 137 Å². The molecule has 1 aromatic carbocycles. The number of piperidine rings is 1. The first-order valence-electron chi connectivity index (χ1n) is 8.67. The molecule has 2 aliphatic heterocycles. The molecule has 0 spiro atoms. The summed E-state index contributed by atoms with van der Waals surface area (Å²) in [5.74, 6) is 1.97. The van der Waals surface area contributed by atoms with E-state index in [4.69, 9.17) is 14.7 Å². The topological polar surface area (TPSA) is 41.5 Å². The van der Waals surface area contributed by atoms with Crippen LogP contribution in [0.15, 0.2) is 18.2 Å². The van der Waals surface area contributed by atoms with E-state index in [9.17, 15) is 0 Å². The molecule has 0 atom stereocenters. The molecule has 4 rings (SSSR count). The molecule has 0 radical (unpaired) electrons. The smallest absolute Gasteiger partial charge is 0.140 e. The predicted molar refractivity (Wildman–Crippen MR) is 93.4 cm³/mol. The van der Waals surface area contributed by atoms with Crippen LogP contribution in [0.3, 0.4) is 0 Å². The number of ether oxygens (including phenoxy) is 1. The van der Waals surface area contributed by atoms with Crippen molar-refractivity contribution in [3.8, 4) is 0 Å². The average molecular weight is 312 g/mol. The third-order valence-corrected chi connectivity index (χ3v) is 4.80. The van der Waals surface area contributed by atoms with Gasteiger partial charge in [-0.2, -0.15) is 0 Å². The summed E-state index contributed by atoms with van der Waals surface area (Å²) in [6, 6.07) is 6.62. The summed E-state index contributed by atoms with van der Waals surface area (Å²) in [4.78, 5) is 14.2. The minimum Gasteiger partial charge on any atom is -0.378 e. The number of anilines is 2. The molecule has 0 amide bonds. The van der Waals surface area contributed by atoms with Crippen LogP contribution in [-0.2, 0) is 4.74 Å². The quantitative estimate of drug-likeness (QED) is 0.853. The van der Waals surface area contributed by atoms with Crippen molar-refractivity contribution in [2.75, 3.05) is 49.2 Å². The third-order valence-electron chi connectivity index (χ3n) is 4.80. The SMILES string of the molecule is Cc1nc(N2CCCCC2)c2ccc(N3CCOCC3)cc2n1. The van der Waals surface area contributed by atoms with Gasteiger partial charge in [-0.3, -0.25) is 0 Å². The highest BCUT2D eigenvalue weighted by Gasteiger charge is 2.18. The van der Waals surface area contributed by atoms with E-state index in [1.807, 2.05) is 6.92 Å². The second kappa shape index (κ2) is 6.32. The number of fused-ring (bicyclic) bond motifs is 1. The second-order valence-electron chi connectivity index (χ2n) is 6.44. The predicted octanol–water partition coefficient (Wildman–Crippen LogP) is 2.77. The Hall–Kier alpha value is -1.88. The molecule has 5 nitrogen and oxygen atoms in total. The van der Waals surface area contributed by atoms with Crippen LogP contribution in [0.5, 0.6) is 0 Å². The summed E-state index contributed by atoms with van der Waals surface area (Å²) in [6.07, 6.45) is 3.85. The second-order valence-corrected chi connectivity index (χ2v) is 6.44. The lowest BCUT2D eigenvalue weighted by Gasteiger charge is -2.30. The maximum absolute atomic E-state index is 5.45. The molecule has 23 heavy (non-hydrogen) atoms.